The van der Waals surface area contributed by atoms with Crippen LogP contribution in [0, 0.1) is 0 Å². The van der Waals surface area contributed by atoms with Crippen LogP contribution in [0.2, 0.25) is 17.3 Å². The van der Waals surface area contributed by atoms with Crippen LogP contribution >= 0.6 is 0 Å². The second kappa shape index (κ2) is 1.99. The Morgan fingerprint density at radius 2 is 1.43 bits per heavy atom. The van der Waals surface area contributed by atoms with Gasteiger partial charge in [-0.05, 0) is 0 Å². The van der Waals surface area contributed by atoms with Crippen molar-refractivity contribution in [3.05, 3.63) is 0 Å². The number of carbonyl (C=O) groups is 1. The standard InChI is InChI=1S/C5H12GeO/c1-5(7)6(2,3)4/h1-4H3. The van der Waals surface area contributed by atoms with Crippen molar-refractivity contribution in [1.29, 1.82) is 0 Å². The Bertz CT molecular complexity index is 80.6. The van der Waals surface area contributed by atoms with Gasteiger partial charge in [-0.1, -0.05) is 0 Å². The molecule has 42 valence electrons. The van der Waals surface area contributed by atoms with Gasteiger partial charge in [0.1, 0.15) is 0 Å². The van der Waals surface area contributed by atoms with Crippen molar-refractivity contribution in [2.75, 3.05) is 0 Å². The van der Waals surface area contributed by atoms with E-state index in [0.29, 0.717) is 4.62 Å². The Labute approximate surface area is 47.5 Å². The van der Waals surface area contributed by atoms with Crippen molar-refractivity contribution >= 4 is 17.9 Å². The fourth-order valence-electron chi connectivity index (χ4n) is 0. The predicted molar refractivity (Wildman–Crippen MR) is 34.0 cm³/mol. The van der Waals surface area contributed by atoms with Crippen LogP contribution in [-0.2, 0) is 4.79 Å². The normalized spacial score (nSPS) is 11.4. The van der Waals surface area contributed by atoms with Gasteiger partial charge in [-0.3, -0.25) is 0 Å². The van der Waals surface area contributed by atoms with E-state index < -0.39 is 13.3 Å². The third-order valence-electron chi connectivity index (χ3n) is 1.06. The molecule has 1 nitrogen and oxygen atoms in total. The number of hydrogen-bond donors (Lipinski definition) is 0. The van der Waals surface area contributed by atoms with Crippen LogP contribution in [0.1, 0.15) is 6.92 Å². The maximum atomic E-state index is 10.5. The third kappa shape index (κ3) is 2.86. The van der Waals surface area contributed by atoms with Gasteiger partial charge in [0.05, 0.1) is 0 Å². The molecule has 0 heterocycles. The van der Waals surface area contributed by atoms with E-state index in [2.05, 4.69) is 17.3 Å². The summed E-state index contributed by atoms with van der Waals surface area (Å²) in [4.78, 5) is 10.5. The van der Waals surface area contributed by atoms with Crippen LogP contribution in [0.3, 0.4) is 0 Å². The summed E-state index contributed by atoms with van der Waals surface area (Å²) in [5.74, 6) is 6.30. The van der Waals surface area contributed by atoms with Crippen molar-refractivity contribution in [2.24, 2.45) is 0 Å². The fraction of sp³-hybridized carbons (Fsp3) is 0.800. The van der Waals surface area contributed by atoms with Gasteiger partial charge >= 0.3 is 46.9 Å². The molecule has 0 rings (SSSR count). The Balaban J connectivity index is 3.79. The molecule has 0 aromatic rings. The average molecular weight is 161 g/mol. The first-order valence-corrected chi connectivity index (χ1v) is 9.80. The summed E-state index contributed by atoms with van der Waals surface area (Å²) >= 11 is -1.81. The summed E-state index contributed by atoms with van der Waals surface area (Å²) in [5, 5.41) is 0. The zero-order valence-corrected chi connectivity index (χ0v) is 7.51. The van der Waals surface area contributed by atoms with Crippen LogP contribution in [0.5, 0.6) is 0 Å². The second-order valence-electron chi connectivity index (χ2n) is 2.81. The molecule has 0 atom stereocenters. The summed E-state index contributed by atoms with van der Waals surface area (Å²) < 4.78 is 0.431. The number of rotatable bonds is 1. The monoisotopic (exact) mass is 162 g/mol. The zero-order valence-electron chi connectivity index (χ0n) is 5.41. The van der Waals surface area contributed by atoms with Crippen LogP contribution in [-0.4, -0.2) is 17.9 Å². The SMILES string of the molecule is C[C](=O)[Ge]([CH3])([CH3])[CH3]. The molecule has 0 saturated heterocycles. The molecule has 0 spiro atoms. The minimum atomic E-state index is -1.81. The fourth-order valence-corrected chi connectivity index (χ4v) is 0. The quantitative estimate of drug-likeness (QED) is 0.531. The first-order valence-electron chi connectivity index (χ1n) is 2.45. The van der Waals surface area contributed by atoms with E-state index in [1.54, 1.807) is 6.92 Å². The zero-order chi connectivity index (χ0) is 6.08. The maximum absolute atomic E-state index is 10.5. The van der Waals surface area contributed by atoms with E-state index in [9.17, 15) is 4.79 Å². The van der Waals surface area contributed by atoms with Crippen LogP contribution in [0.4, 0.5) is 0 Å². The summed E-state index contributed by atoms with van der Waals surface area (Å²) in [6, 6.07) is 0. The Hall–Kier alpha value is 0.213. The molecule has 0 unspecified atom stereocenters. The van der Waals surface area contributed by atoms with Crippen molar-refractivity contribution < 1.29 is 4.79 Å². The van der Waals surface area contributed by atoms with Crippen LogP contribution in [0.25, 0.3) is 0 Å². The topological polar surface area (TPSA) is 17.1 Å². The van der Waals surface area contributed by atoms with Gasteiger partial charge in [0, 0.05) is 0 Å². The molecule has 0 aromatic carbocycles. The first kappa shape index (κ1) is 7.21. The summed E-state index contributed by atoms with van der Waals surface area (Å²) in [6.45, 7) is 1.69. The van der Waals surface area contributed by atoms with Gasteiger partial charge in [0.2, 0.25) is 0 Å². The molecule has 0 amide bonds. The van der Waals surface area contributed by atoms with E-state index >= 15 is 0 Å². The Morgan fingerprint density at radius 1 is 1.29 bits per heavy atom. The van der Waals surface area contributed by atoms with E-state index in [4.69, 9.17) is 0 Å². The summed E-state index contributed by atoms with van der Waals surface area (Å²) in [7, 11) is 0. The van der Waals surface area contributed by atoms with Gasteiger partial charge in [0.25, 0.3) is 0 Å². The molecule has 0 aliphatic heterocycles. The molecule has 0 fully saturated rings. The molecular weight excluding hydrogens is 149 g/mol. The molecule has 0 bridgehead atoms. The molecular formula is C5H12GeO. The predicted octanol–water partition coefficient (Wildman–Crippen LogP) is 1.45. The Morgan fingerprint density at radius 3 is 1.43 bits per heavy atom. The first-order chi connectivity index (χ1) is 2.94. The molecule has 0 aromatic heterocycles. The summed E-state index contributed by atoms with van der Waals surface area (Å²) in [5.41, 5.74) is 0. The van der Waals surface area contributed by atoms with E-state index in [0.717, 1.165) is 0 Å². The van der Waals surface area contributed by atoms with E-state index in [1.165, 1.54) is 0 Å². The molecule has 0 aliphatic carbocycles. The molecule has 0 aliphatic rings. The van der Waals surface area contributed by atoms with Gasteiger partial charge in [-0.25, -0.2) is 0 Å². The van der Waals surface area contributed by atoms with Gasteiger partial charge < -0.3 is 0 Å². The summed E-state index contributed by atoms with van der Waals surface area (Å²) in [6.07, 6.45) is 0. The van der Waals surface area contributed by atoms with Crippen LogP contribution in [0.15, 0.2) is 0 Å². The third-order valence-corrected chi connectivity index (χ3v) is 5.49. The number of hydrogen-bond acceptors (Lipinski definition) is 1. The van der Waals surface area contributed by atoms with Gasteiger partial charge in [-0.2, -0.15) is 0 Å². The van der Waals surface area contributed by atoms with Gasteiger partial charge in [-0.15, -0.1) is 0 Å². The second-order valence-corrected chi connectivity index (χ2v) is 13.7. The number of carbonyl (C=O) groups excluding carboxylic acids is 1. The van der Waals surface area contributed by atoms with Crippen LogP contribution < -0.4 is 0 Å². The average Bonchev–Trinajstić information content (AvgIpc) is 1.31. The molecule has 0 radical (unpaired) electrons. The van der Waals surface area contributed by atoms with Crippen molar-refractivity contribution in [1.82, 2.24) is 0 Å². The van der Waals surface area contributed by atoms with E-state index in [1.807, 2.05) is 0 Å². The van der Waals surface area contributed by atoms with Crippen molar-refractivity contribution in [3.8, 4) is 0 Å². The molecule has 7 heavy (non-hydrogen) atoms. The Kier molecular flexibility index (Phi) is 2.05. The van der Waals surface area contributed by atoms with Crippen molar-refractivity contribution in [2.45, 2.75) is 24.2 Å². The minimum absolute atomic E-state index is 0.431. The molecule has 0 N–H and O–H groups in total. The van der Waals surface area contributed by atoms with Crippen molar-refractivity contribution in [3.63, 3.8) is 0 Å². The molecule has 0 saturated carbocycles. The van der Waals surface area contributed by atoms with Gasteiger partial charge in [0.15, 0.2) is 0 Å². The van der Waals surface area contributed by atoms with E-state index in [-0.39, 0.29) is 0 Å². The molecule has 2 heteroatoms.